The van der Waals surface area contributed by atoms with Gasteiger partial charge in [-0.2, -0.15) is 0 Å². The van der Waals surface area contributed by atoms with Gasteiger partial charge >= 0.3 is 11.9 Å². The number of esters is 2. The van der Waals surface area contributed by atoms with Crippen molar-refractivity contribution in [3.8, 4) is 0 Å². The number of carbonyl (C=O) groups excluding carboxylic acids is 2. The van der Waals surface area contributed by atoms with Crippen molar-refractivity contribution in [2.45, 2.75) is 37.0 Å². The highest BCUT2D eigenvalue weighted by Gasteiger charge is 2.75. The molecule has 2 aromatic rings. The molecule has 0 N–H and O–H groups in total. The number of aryl methyl sites for hydroxylation is 1. The van der Waals surface area contributed by atoms with Crippen LogP contribution in [0.3, 0.4) is 0 Å². The van der Waals surface area contributed by atoms with Crippen LogP contribution in [0.2, 0.25) is 0 Å². The summed E-state index contributed by atoms with van der Waals surface area (Å²) in [5.41, 5.74) is 1.41. The molecular formula is C23H25NO5. The Kier molecular flexibility index (Phi) is 4.42. The van der Waals surface area contributed by atoms with Crippen LogP contribution < -0.4 is 4.90 Å². The molecule has 152 valence electrons. The van der Waals surface area contributed by atoms with Crippen molar-refractivity contribution in [2.24, 2.45) is 0 Å². The molecule has 0 bridgehead atoms. The number of fused-ring (bicyclic) bond motifs is 3. The first-order valence-corrected chi connectivity index (χ1v) is 9.56. The van der Waals surface area contributed by atoms with E-state index in [9.17, 15) is 9.59 Å². The monoisotopic (exact) mass is 395 g/mol. The number of likely N-dealkylation sites (N-methyl/N-ethyl adjacent to an activating group) is 1. The zero-order valence-corrected chi connectivity index (χ0v) is 17.3. The van der Waals surface area contributed by atoms with Gasteiger partial charge in [0, 0.05) is 18.2 Å². The lowest BCUT2D eigenvalue weighted by Crippen LogP contribution is -2.62. The molecule has 3 unspecified atom stereocenters. The second-order valence-corrected chi connectivity index (χ2v) is 7.94. The van der Waals surface area contributed by atoms with Crippen molar-refractivity contribution in [1.82, 2.24) is 0 Å². The lowest BCUT2D eigenvalue weighted by molar-refractivity contribution is -0.187. The van der Waals surface area contributed by atoms with Gasteiger partial charge in [0.15, 0.2) is 0 Å². The summed E-state index contributed by atoms with van der Waals surface area (Å²) in [5.74, 6) is -1.51. The van der Waals surface area contributed by atoms with Gasteiger partial charge in [0.1, 0.15) is 0 Å². The molecule has 6 heteroatoms. The van der Waals surface area contributed by atoms with Gasteiger partial charge in [-0.05, 0) is 24.1 Å². The molecule has 6 nitrogen and oxygen atoms in total. The quantitative estimate of drug-likeness (QED) is 0.588. The van der Waals surface area contributed by atoms with Crippen LogP contribution >= 0.6 is 0 Å². The van der Waals surface area contributed by atoms with E-state index < -0.39 is 35.1 Å². The van der Waals surface area contributed by atoms with Gasteiger partial charge in [-0.15, -0.1) is 0 Å². The SMILES string of the molecule is COC(=O)C1(C(=O)OC)OC(c2ccc(C)cc2)C2(C)c3ccccc3N(C)C12. The molecule has 0 amide bonds. The second-order valence-electron chi connectivity index (χ2n) is 7.94. The Balaban J connectivity index is 2.01. The predicted octanol–water partition coefficient (Wildman–Crippen LogP) is 2.93. The maximum atomic E-state index is 13.1. The lowest BCUT2D eigenvalue weighted by atomic mass is 9.69. The molecule has 4 rings (SSSR count). The first-order valence-electron chi connectivity index (χ1n) is 9.56. The Morgan fingerprint density at radius 2 is 1.59 bits per heavy atom. The van der Waals surface area contributed by atoms with Gasteiger partial charge in [-0.1, -0.05) is 55.0 Å². The molecule has 1 saturated heterocycles. The van der Waals surface area contributed by atoms with E-state index in [1.165, 1.54) is 14.2 Å². The normalized spacial score (nSPS) is 26.6. The van der Waals surface area contributed by atoms with Gasteiger partial charge in [0.2, 0.25) is 0 Å². The third-order valence-corrected chi connectivity index (χ3v) is 6.41. The van der Waals surface area contributed by atoms with Gasteiger partial charge in [0.25, 0.3) is 5.60 Å². The number of anilines is 1. The minimum Gasteiger partial charge on any atom is -0.466 e. The summed E-state index contributed by atoms with van der Waals surface area (Å²) in [7, 11) is 4.39. The van der Waals surface area contributed by atoms with Gasteiger partial charge in [0.05, 0.1) is 26.4 Å². The summed E-state index contributed by atoms with van der Waals surface area (Å²) in [6.07, 6.45) is -0.544. The zero-order chi connectivity index (χ0) is 21.0. The van der Waals surface area contributed by atoms with Crippen molar-refractivity contribution >= 4 is 17.6 Å². The molecule has 2 aliphatic rings. The molecule has 0 radical (unpaired) electrons. The van der Waals surface area contributed by atoms with E-state index in [1.54, 1.807) is 0 Å². The van der Waals surface area contributed by atoms with E-state index in [0.29, 0.717) is 0 Å². The zero-order valence-electron chi connectivity index (χ0n) is 17.3. The Bertz CT molecular complexity index is 953. The molecular weight excluding hydrogens is 370 g/mol. The third-order valence-electron chi connectivity index (χ3n) is 6.41. The van der Waals surface area contributed by atoms with Crippen LogP contribution in [0.25, 0.3) is 0 Å². The number of benzene rings is 2. The minimum atomic E-state index is -1.90. The number of para-hydroxylation sites is 1. The van der Waals surface area contributed by atoms with Crippen LogP contribution in [0.15, 0.2) is 48.5 Å². The third kappa shape index (κ3) is 2.38. The second kappa shape index (κ2) is 6.59. The molecule has 2 aliphatic heterocycles. The van der Waals surface area contributed by atoms with Crippen molar-refractivity contribution in [3.05, 3.63) is 65.2 Å². The van der Waals surface area contributed by atoms with Crippen molar-refractivity contribution in [2.75, 3.05) is 26.2 Å². The first kappa shape index (κ1) is 19.5. The van der Waals surface area contributed by atoms with Crippen LogP contribution in [-0.4, -0.2) is 44.8 Å². The van der Waals surface area contributed by atoms with E-state index in [1.807, 2.05) is 74.3 Å². The molecule has 29 heavy (non-hydrogen) atoms. The van der Waals surface area contributed by atoms with Crippen LogP contribution in [0, 0.1) is 6.92 Å². The summed E-state index contributed by atoms with van der Waals surface area (Å²) >= 11 is 0. The fraction of sp³-hybridized carbons (Fsp3) is 0.391. The van der Waals surface area contributed by atoms with E-state index in [4.69, 9.17) is 14.2 Å². The maximum Gasteiger partial charge on any atom is 0.352 e. The summed E-state index contributed by atoms with van der Waals surface area (Å²) < 4.78 is 16.5. The average Bonchev–Trinajstić information content (AvgIpc) is 3.15. The summed E-state index contributed by atoms with van der Waals surface area (Å²) in [5, 5.41) is 0. The number of methoxy groups -OCH3 is 2. The Hall–Kier alpha value is -2.86. The first-order chi connectivity index (χ1) is 13.8. The molecule has 0 aliphatic carbocycles. The summed E-state index contributed by atoms with van der Waals surface area (Å²) in [6.45, 7) is 4.05. The molecule has 2 heterocycles. The van der Waals surface area contributed by atoms with Crippen molar-refractivity contribution in [1.29, 1.82) is 0 Å². The topological polar surface area (TPSA) is 65.1 Å². The maximum absolute atomic E-state index is 13.1. The summed E-state index contributed by atoms with van der Waals surface area (Å²) in [4.78, 5) is 28.1. The van der Waals surface area contributed by atoms with Gasteiger partial charge in [-0.3, -0.25) is 0 Å². The number of carbonyl (C=O) groups is 2. The van der Waals surface area contributed by atoms with E-state index in [-0.39, 0.29) is 0 Å². The molecule has 2 aromatic carbocycles. The highest BCUT2D eigenvalue weighted by Crippen LogP contribution is 2.62. The number of nitrogens with zero attached hydrogens (tertiary/aromatic N) is 1. The standard InChI is InChI=1S/C23H25NO5/c1-14-10-12-15(13-11-14)18-22(2)16-8-6-7-9-17(16)24(3)19(22)23(29-18,20(25)27-4)21(26)28-5/h6-13,18-19H,1-5H3. The number of rotatable bonds is 3. The molecule has 0 aromatic heterocycles. The summed E-state index contributed by atoms with van der Waals surface area (Å²) in [6, 6.07) is 15.3. The van der Waals surface area contributed by atoms with E-state index in [2.05, 4.69) is 0 Å². The van der Waals surface area contributed by atoms with Crippen LogP contribution in [-0.2, 0) is 29.2 Å². The average molecular weight is 395 g/mol. The lowest BCUT2D eigenvalue weighted by Gasteiger charge is -2.35. The smallest absolute Gasteiger partial charge is 0.352 e. The number of hydrogen-bond donors (Lipinski definition) is 0. The molecule has 0 spiro atoms. The van der Waals surface area contributed by atoms with Gasteiger partial charge in [-0.25, -0.2) is 9.59 Å². The fourth-order valence-corrected chi connectivity index (χ4v) is 5.14. The van der Waals surface area contributed by atoms with Crippen molar-refractivity contribution in [3.63, 3.8) is 0 Å². The van der Waals surface area contributed by atoms with Crippen LogP contribution in [0.5, 0.6) is 0 Å². The highest BCUT2D eigenvalue weighted by molar-refractivity contribution is 6.06. The Morgan fingerprint density at radius 3 is 2.17 bits per heavy atom. The van der Waals surface area contributed by atoms with Crippen LogP contribution in [0.4, 0.5) is 5.69 Å². The van der Waals surface area contributed by atoms with Crippen LogP contribution in [0.1, 0.15) is 29.7 Å². The molecule has 3 atom stereocenters. The minimum absolute atomic E-state index is 0.544. The predicted molar refractivity (Wildman–Crippen MR) is 108 cm³/mol. The van der Waals surface area contributed by atoms with Gasteiger partial charge < -0.3 is 19.1 Å². The fourth-order valence-electron chi connectivity index (χ4n) is 5.14. The van der Waals surface area contributed by atoms with E-state index >= 15 is 0 Å². The molecule has 0 saturated carbocycles. The van der Waals surface area contributed by atoms with E-state index in [0.717, 1.165) is 22.4 Å². The van der Waals surface area contributed by atoms with Crippen molar-refractivity contribution < 1.29 is 23.8 Å². The Morgan fingerprint density at radius 1 is 1.00 bits per heavy atom. The number of hydrogen-bond acceptors (Lipinski definition) is 6. The Labute approximate surface area is 170 Å². The number of ether oxygens (including phenoxy) is 3. The largest absolute Gasteiger partial charge is 0.466 e. The highest BCUT2D eigenvalue weighted by atomic mass is 16.6. The molecule has 1 fully saturated rings.